The van der Waals surface area contributed by atoms with Gasteiger partial charge in [0.15, 0.2) is 4.80 Å². The molecule has 1 atom stereocenters. The predicted molar refractivity (Wildman–Crippen MR) is 162 cm³/mol. The highest BCUT2D eigenvalue weighted by molar-refractivity contribution is 7.07. The Morgan fingerprint density at radius 1 is 1.12 bits per heavy atom. The van der Waals surface area contributed by atoms with Gasteiger partial charge in [0, 0.05) is 36.4 Å². The van der Waals surface area contributed by atoms with Crippen molar-refractivity contribution in [3.8, 4) is 11.3 Å². The Hall–Kier alpha value is -4.41. The first-order chi connectivity index (χ1) is 20.1. The molecule has 42 heavy (non-hydrogen) atoms. The van der Waals surface area contributed by atoms with Gasteiger partial charge in [-0.25, -0.2) is 14.6 Å². The molecule has 0 fully saturated rings. The molecule has 1 aliphatic rings. The van der Waals surface area contributed by atoms with E-state index in [9.17, 15) is 14.4 Å². The van der Waals surface area contributed by atoms with Crippen molar-refractivity contribution in [2.24, 2.45) is 4.99 Å². The number of carbonyl (C=O) groups excluding carboxylic acids is 2. The molecule has 9 nitrogen and oxygen atoms in total. The highest BCUT2D eigenvalue weighted by Crippen LogP contribution is 2.32. The maximum Gasteiger partial charge on any atom is 0.338 e. The number of benzene rings is 2. The number of ether oxygens (including phenoxy) is 2. The van der Waals surface area contributed by atoms with Crippen LogP contribution in [0.15, 0.2) is 80.1 Å². The van der Waals surface area contributed by atoms with Gasteiger partial charge in [-0.2, -0.15) is 0 Å². The number of anilines is 1. The van der Waals surface area contributed by atoms with Crippen LogP contribution >= 0.6 is 22.9 Å². The van der Waals surface area contributed by atoms with Crippen LogP contribution in [0.2, 0.25) is 5.02 Å². The number of rotatable bonds is 7. The Balaban J connectivity index is 1.63. The molecule has 0 saturated carbocycles. The number of esters is 2. The summed E-state index contributed by atoms with van der Waals surface area (Å²) in [5.74, 6) is -0.275. The van der Waals surface area contributed by atoms with E-state index in [4.69, 9.17) is 25.5 Å². The Morgan fingerprint density at radius 2 is 1.86 bits per heavy atom. The molecule has 0 amide bonds. The molecule has 0 radical (unpaired) electrons. The number of aromatic nitrogens is 1. The fraction of sp³-hybridized carbons (Fsp3) is 0.226. The molecule has 2 aromatic carbocycles. The number of nitrogens with zero attached hydrogens (tertiary/aromatic N) is 3. The van der Waals surface area contributed by atoms with E-state index < -0.39 is 18.0 Å². The summed E-state index contributed by atoms with van der Waals surface area (Å²) in [5, 5.41) is 0.426. The van der Waals surface area contributed by atoms with Gasteiger partial charge in [-0.05, 0) is 61.9 Å². The molecule has 11 heteroatoms. The lowest BCUT2D eigenvalue weighted by Gasteiger charge is -2.25. The molecule has 1 aliphatic heterocycles. The number of halogens is 1. The van der Waals surface area contributed by atoms with Gasteiger partial charge < -0.3 is 18.8 Å². The Kier molecular flexibility index (Phi) is 8.20. The summed E-state index contributed by atoms with van der Waals surface area (Å²) in [6.45, 7) is 3.67. The highest BCUT2D eigenvalue weighted by Gasteiger charge is 2.33. The Morgan fingerprint density at radius 3 is 2.52 bits per heavy atom. The summed E-state index contributed by atoms with van der Waals surface area (Å²) in [4.78, 5) is 46.4. The first-order valence-electron chi connectivity index (χ1n) is 13.1. The lowest BCUT2D eigenvalue weighted by atomic mass is 9.95. The van der Waals surface area contributed by atoms with E-state index in [1.54, 1.807) is 50.3 Å². The van der Waals surface area contributed by atoms with Gasteiger partial charge in [-0.3, -0.25) is 9.36 Å². The third-order valence-electron chi connectivity index (χ3n) is 6.79. The Labute approximate surface area is 250 Å². The van der Waals surface area contributed by atoms with Crippen LogP contribution in [0.1, 0.15) is 41.6 Å². The number of hydrogen-bond acceptors (Lipinski definition) is 9. The van der Waals surface area contributed by atoms with E-state index in [0.717, 1.165) is 11.3 Å². The van der Waals surface area contributed by atoms with Gasteiger partial charge in [0.1, 0.15) is 11.5 Å². The van der Waals surface area contributed by atoms with Crippen LogP contribution in [0, 0.1) is 0 Å². The van der Waals surface area contributed by atoms with Crippen molar-refractivity contribution >= 4 is 46.6 Å². The second kappa shape index (κ2) is 11.8. The molecule has 0 bridgehead atoms. The van der Waals surface area contributed by atoms with Crippen LogP contribution in [-0.4, -0.2) is 44.3 Å². The molecular formula is C31H28ClN3O6S. The zero-order valence-electron chi connectivity index (χ0n) is 23.6. The van der Waals surface area contributed by atoms with Crippen LogP contribution in [0.4, 0.5) is 5.69 Å². The standard InChI is InChI=1S/C31H28ClN3O6S/c1-6-40-30(38)26-17(2)33-31-35(27(26)18-7-10-20(11-8-18)34(3)4)28(36)25(42-31)16-21-12-14-24(41-21)23-15-19(32)9-13-22(23)29(37)39-5/h7-16,27H,6H2,1-5H3/b25-16+/t27-/m0/s1. The highest BCUT2D eigenvalue weighted by atomic mass is 35.5. The van der Waals surface area contributed by atoms with Gasteiger partial charge >= 0.3 is 11.9 Å². The lowest BCUT2D eigenvalue weighted by Crippen LogP contribution is -2.39. The van der Waals surface area contributed by atoms with Crippen LogP contribution in [0.25, 0.3) is 17.4 Å². The van der Waals surface area contributed by atoms with E-state index in [-0.39, 0.29) is 12.2 Å². The third-order valence-corrected chi connectivity index (χ3v) is 8.01. The van der Waals surface area contributed by atoms with Gasteiger partial charge in [0.2, 0.25) is 0 Å². The lowest BCUT2D eigenvalue weighted by molar-refractivity contribution is -0.139. The maximum atomic E-state index is 13.9. The molecule has 0 N–H and O–H groups in total. The first kappa shape index (κ1) is 29.1. The van der Waals surface area contributed by atoms with Crippen molar-refractivity contribution in [3.63, 3.8) is 0 Å². The molecule has 0 saturated heterocycles. The monoisotopic (exact) mass is 605 g/mol. The zero-order chi connectivity index (χ0) is 30.1. The smallest absolute Gasteiger partial charge is 0.338 e. The second-order valence-electron chi connectivity index (χ2n) is 9.67. The van der Waals surface area contributed by atoms with Gasteiger partial charge in [-0.1, -0.05) is 35.1 Å². The van der Waals surface area contributed by atoms with Crippen molar-refractivity contribution < 1.29 is 23.5 Å². The van der Waals surface area contributed by atoms with Gasteiger partial charge in [0.05, 0.1) is 41.1 Å². The molecule has 0 unspecified atom stereocenters. The summed E-state index contributed by atoms with van der Waals surface area (Å²) in [6, 6.07) is 15.1. The Bertz CT molecular complexity index is 1900. The van der Waals surface area contributed by atoms with Gasteiger partial charge in [0.25, 0.3) is 5.56 Å². The minimum Gasteiger partial charge on any atom is -0.465 e. The van der Waals surface area contributed by atoms with Crippen molar-refractivity contribution in [2.75, 3.05) is 32.7 Å². The number of hydrogen-bond donors (Lipinski definition) is 0. The normalized spacial score (nSPS) is 14.8. The van der Waals surface area contributed by atoms with Gasteiger partial charge in [-0.15, -0.1) is 0 Å². The van der Waals surface area contributed by atoms with Crippen LogP contribution in [-0.2, 0) is 14.3 Å². The minimum atomic E-state index is -0.722. The zero-order valence-corrected chi connectivity index (χ0v) is 25.2. The number of allylic oxidation sites excluding steroid dienone is 1. The quantitative estimate of drug-likeness (QED) is 0.284. The average Bonchev–Trinajstić information content (AvgIpc) is 3.56. The van der Waals surface area contributed by atoms with E-state index in [1.165, 1.54) is 23.0 Å². The average molecular weight is 606 g/mol. The molecular weight excluding hydrogens is 578 g/mol. The number of methoxy groups -OCH3 is 1. The summed E-state index contributed by atoms with van der Waals surface area (Å²) in [5.41, 5.74) is 2.96. The van der Waals surface area contributed by atoms with Crippen LogP contribution in [0.3, 0.4) is 0 Å². The fourth-order valence-electron chi connectivity index (χ4n) is 4.77. The topological polar surface area (TPSA) is 103 Å². The maximum absolute atomic E-state index is 13.9. The SMILES string of the molecule is CCOC(=O)C1=C(C)N=c2s/c(=C/c3ccc(-c4cc(Cl)ccc4C(=O)OC)o3)c(=O)n2[C@H]1c1ccc(N(C)C)cc1. The summed E-state index contributed by atoms with van der Waals surface area (Å²) in [6.07, 6.45) is 1.62. The summed E-state index contributed by atoms with van der Waals surface area (Å²) >= 11 is 7.38. The van der Waals surface area contributed by atoms with E-state index in [2.05, 4.69) is 4.99 Å². The van der Waals surface area contributed by atoms with Crippen molar-refractivity contribution in [2.45, 2.75) is 19.9 Å². The number of fused-ring (bicyclic) bond motifs is 1. The van der Waals surface area contributed by atoms with Crippen molar-refractivity contribution in [3.05, 3.63) is 107 Å². The molecule has 2 aromatic heterocycles. The number of furan rings is 1. The van der Waals surface area contributed by atoms with Crippen LogP contribution in [0.5, 0.6) is 0 Å². The summed E-state index contributed by atoms with van der Waals surface area (Å²) in [7, 11) is 5.18. The molecule has 5 rings (SSSR count). The largest absolute Gasteiger partial charge is 0.465 e. The molecule has 3 heterocycles. The van der Waals surface area contributed by atoms with Crippen LogP contribution < -0.4 is 19.8 Å². The number of carbonyl (C=O) groups is 2. The van der Waals surface area contributed by atoms with Crippen molar-refractivity contribution in [1.29, 1.82) is 0 Å². The second-order valence-corrected chi connectivity index (χ2v) is 11.1. The minimum absolute atomic E-state index is 0.192. The number of thiazole rings is 1. The van der Waals surface area contributed by atoms with Crippen molar-refractivity contribution in [1.82, 2.24) is 4.57 Å². The fourth-order valence-corrected chi connectivity index (χ4v) is 5.97. The molecule has 4 aromatic rings. The third kappa shape index (κ3) is 5.43. The first-order valence-corrected chi connectivity index (χ1v) is 14.3. The molecule has 0 aliphatic carbocycles. The molecule has 216 valence electrons. The summed E-state index contributed by atoms with van der Waals surface area (Å²) < 4.78 is 18.2. The van der Waals surface area contributed by atoms with E-state index in [1.807, 2.05) is 43.3 Å². The van der Waals surface area contributed by atoms with E-state index in [0.29, 0.717) is 48.3 Å². The predicted octanol–water partition coefficient (Wildman–Crippen LogP) is 4.56. The molecule has 0 spiro atoms. The van der Waals surface area contributed by atoms with E-state index >= 15 is 0 Å².